The third kappa shape index (κ3) is 3.05. The van der Waals surface area contributed by atoms with Crippen molar-refractivity contribution in [1.82, 2.24) is 9.97 Å². The zero-order valence-electron chi connectivity index (χ0n) is 15.5. The van der Waals surface area contributed by atoms with E-state index in [1.165, 1.54) is 36.1 Å². The maximum absolute atomic E-state index is 5.08. The molecule has 0 spiro atoms. The van der Waals surface area contributed by atoms with Crippen LogP contribution in [0, 0.1) is 0 Å². The minimum absolute atomic E-state index is 0.826. The predicted octanol–water partition coefficient (Wildman–Crippen LogP) is 4.77. The van der Waals surface area contributed by atoms with Crippen molar-refractivity contribution in [2.75, 3.05) is 29.9 Å². The average molecular weight is 356 g/mol. The van der Waals surface area contributed by atoms with E-state index in [0.29, 0.717) is 0 Å². The fraction of sp³-hybridized carbons (Fsp3) is 0.304. The molecule has 27 heavy (non-hydrogen) atoms. The van der Waals surface area contributed by atoms with Crippen LogP contribution in [0.3, 0.4) is 0 Å². The Labute approximate surface area is 160 Å². The largest absolute Gasteiger partial charge is 0.384 e. The third-order valence-electron chi connectivity index (χ3n) is 5.55. The maximum Gasteiger partial charge on any atom is 0.162 e. The average Bonchev–Trinajstić information content (AvgIpc) is 2.94. The highest BCUT2D eigenvalue weighted by molar-refractivity contribution is 5.82. The minimum Gasteiger partial charge on any atom is -0.384 e. The van der Waals surface area contributed by atoms with Crippen molar-refractivity contribution in [3.8, 4) is 22.6 Å². The molecule has 0 radical (unpaired) electrons. The number of hydrogen-bond acceptors (Lipinski definition) is 4. The highest BCUT2D eigenvalue weighted by Gasteiger charge is 2.24. The first-order valence-corrected chi connectivity index (χ1v) is 9.95. The molecule has 1 fully saturated rings. The lowest BCUT2D eigenvalue weighted by Gasteiger charge is -2.30. The van der Waals surface area contributed by atoms with Crippen LogP contribution in [-0.2, 0) is 6.42 Å². The first-order valence-electron chi connectivity index (χ1n) is 9.95. The molecular weight excluding hydrogens is 332 g/mol. The second kappa shape index (κ2) is 7.03. The SMILES string of the molecule is c1ccc(-c2nc3c(c(N4CCCCC4)n2)CCNc2ccccc2-3)cc1. The molecule has 3 heterocycles. The second-order valence-electron chi connectivity index (χ2n) is 7.33. The van der Waals surface area contributed by atoms with E-state index < -0.39 is 0 Å². The summed E-state index contributed by atoms with van der Waals surface area (Å²) in [7, 11) is 0. The number of anilines is 2. The first kappa shape index (κ1) is 16.3. The van der Waals surface area contributed by atoms with Gasteiger partial charge in [0.05, 0.1) is 5.69 Å². The number of fused-ring (bicyclic) bond motifs is 3. The molecule has 5 rings (SSSR count). The van der Waals surface area contributed by atoms with E-state index in [-0.39, 0.29) is 0 Å². The lowest BCUT2D eigenvalue weighted by atomic mass is 10.0. The van der Waals surface area contributed by atoms with E-state index in [2.05, 4.69) is 58.7 Å². The maximum atomic E-state index is 5.08. The van der Waals surface area contributed by atoms with E-state index in [1.54, 1.807) is 0 Å². The number of aromatic nitrogens is 2. The van der Waals surface area contributed by atoms with Gasteiger partial charge in [-0.25, -0.2) is 9.97 Å². The van der Waals surface area contributed by atoms with Crippen LogP contribution in [0.2, 0.25) is 0 Å². The van der Waals surface area contributed by atoms with Gasteiger partial charge >= 0.3 is 0 Å². The van der Waals surface area contributed by atoms with Gasteiger partial charge in [-0.3, -0.25) is 0 Å². The molecule has 3 aromatic rings. The normalized spacial score (nSPS) is 16.1. The first-order chi connectivity index (χ1) is 13.4. The van der Waals surface area contributed by atoms with E-state index in [4.69, 9.17) is 9.97 Å². The summed E-state index contributed by atoms with van der Waals surface area (Å²) in [5.74, 6) is 1.96. The lowest BCUT2D eigenvalue weighted by molar-refractivity contribution is 0.571. The summed E-state index contributed by atoms with van der Waals surface area (Å²) >= 11 is 0. The van der Waals surface area contributed by atoms with Gasteiger partial charge in [-0.1, -0.05) is 48.5 Å². The molecule has 1 aromatic heterocycles. The second-order valence-corrected chi connectivity index (χ2v) is 7.33. The molecule has 0 saturated carbocycles. The monoisotopic (exact) mass is 356 g/mol. The lowest BCUT2D eigenvalue weighted by Crippen LogP contribution is -2.31. The summed E-state index contributed by atoms with van der Waals surface area (Å²) in [6.07, 6.45) is 4.76. The Balaban J connectivity index is 1.74. The Morgan fingerprint density at radius 1 is 0.815 bits per heavy atom. The van der Waals surface area contributed by atoms with Crippen LogP contribution in [0.15, 0.2) is 54.6 Å². The fourth-order valence-corrected chi connectivity index (χ4v) is 4.17. The van der Waals surface area contributed by atoms with Gasteiger partial charge in [0.2, 0.25) is 0 Å². The molecule has 2 aliphatic rings. The van der Waals surface area contributed by atoms with Crippen molar-refractivity contribution in [2.45, 2.75) is 25.7 Å². The molecule has 136 valence electrons. The van der Waals surface area contributed by atoms with Gasteiger partial charge in [-0.2, -0.15) is 0 Å². The molecule has 0 aliphatic carbocycles. The molecule has 0 atom stereocenters. The van der Waals surface area contributed by atoms with Crippen LogP contribution in [0.1, 0.15) is 24.8 Å². The third-order valence-corrected chi connectivity index (χ3v) is 5.55. The summed E-state index contributed by atoms with van der Waals surface area (Å²) in [6.45, 7) is 3.10. The smallest absolute Gasteiger partial charge is 0.162 e. The molecule has 0 amide bonds. The fourth-order valence-electron chi connectivity index (χ4n) is 4.17. The Morgan fingerprint density at radius 3 is 2.44 bits per heavy atom. The van der Waals surface area contributed by atoms with Crippen LogP contribution in [-0.4, -0.2) is 29.6 Å². The Hall–Kier alpha value is -2.88. The number of rotatable bonds is 2. The van der Waals surface area contributed by atoms with Crippen LogP contribution in [0.4, 0.5) is 11.5 Å². The van der Waals surface area contributed by atoms with Crippen molar-refractivity contribution >= 4 is 11.5 Å². The number of hydrogen-bond donors (Lipinski definition) is 1. The molecule has 0 bridgehead atoms. The molecule has 1 N–H and O–H groups in total. The minimum atomic E-state index is 0.826. The summed E-state index contributed by atoms with van der Waals surface area (Å²) in [5.41, 5.74) is 5.80. The van der Waals surface area contributed by atoms with Crippen LogP contribution in [0.5, 0.6) is 0 Å². The van der Waals surface area contributed by atoms with Crippen molar-refractivity contribution in [2.24, 2.45) is 0 Å². The van der Waals surface area contributed by atoms with Crippen molar-refractivity contribution < 1.29 is 0 Å². The topological polar surface area (TPSA) is 41.1 Å². The Morgan fingerprint density at radius 2 is 1.59 bits per heavy atom. The van der Waals surface area contributed by atoms with Crippen molar-refractivity contribution in [1.29, 1.82) is 0 Å². The summed E-state index contributed by atoms with van der Waals surface area (Å²) in [4.78, 5) is 12.6. The summed E-state index contributed by atoms with van der Waals surface area (Å²) in [5, 5.41) is 3.58. The molecular formula is C23H24N4. The highest BCUT2D eigenvalue weighted by Crippen LogP contribution is 2.38. The van der Waals surface area contributed by atoms with Crippen LogP contribution in [0.25, 0.3) is 22.6 Å². The van der Waals surface area contributed by atoms with Gasteiger partial charge in [0.1, 0.15) is 5.82 Å². The van der Waals surface area contributed by atoms with Gasteiger partial charge in [0.15, 0.2) is 5.82 Å². The molecule has 1 saturated heterocycles. The summed E-state index contributed by atoms with van der Waals surface area (Å²) < 4.78 is 0. The predicted molar refractivity (Wildman–Crippen MR) is 111 cm³/mol. The van der Waals surface area contributed by atoms with Crippen LogP contribution >= 0.6 is 0 Å². The van der Waals surface area contributed by atoms with Crippen molar-refractivity contribution in [3.63, 3.8) is 0 Å². The standard InChI is InChI=1S/C23H24N4/c1-3-9-17(10-4-1)22-25-21-18-11-5-6-12-20(18)24-14-13-19(21)23(26-22)27-15-7-2-8-16-27/h1,3-6,9-12,24H,2,7-8,13-16H2. The van der Waals surface area contributed by atoms with Gasteiger partial charge in [-0.15, -0.1) is 0 Å². The van der Waals surface area contributed by atoms with Gasteiger partial charge in [-0.05, 0) is 31.7 Å². The van der Waals surface area contributed by atoms with Crippen LogP contribution < -0.4 is 10.2 Å². The van der Waals surface area contributed by atoms with Gasteiger partial charge in [0.25, 0.3) is 0 Å². The number of benzene rings is 2. The molecule has 2 aliphatic heterocycles. The van der Waals surface area contributed by atoms with Crippen molar-refractivity contribution in [3.05, 3.63) is 60.2 Å². The molecule has 4 heteroatoms. The van der Waals surface area contributed by atoms with Gasteiger partial charge < -0.3 is 10.2 Å². The zero-order valence-corrected chi connectivity index (χ0v) is 15.5. The highest BCUT2D eigenvalue weighted by atomic mass is 15.2. The van der Waals surface area contributed by atoms with E-state index in [0.717, 1.165) is 49.0 Å². The quantitative estimate of drug-likeness (QED) is 0.718. The van der Waals surface area contributed by atoms with E-state index in [1.807, 2.05) is 6.07 Å². The number of para-hydroxylation sites is 1. The number of nitrogens with zero attached hydrogens (tertiary/aromatic N) is 3. The number of nitrogens with one attached hydrogen (secondary N) is 1. The zero-order chi connectivity index (χ0) is 18.1. The number of piperidine rings is 1. The molecule has 4 nitrogen and oxygen atoms in total. The summed E-state index contributed by atoms with van der Waals surface area (Å²) in [6, 6.07) is 18.9. The Kier molecular flexibility index (Phi) is 4.24. The molecule has 2 aromatic carbocycles. The van der Waals surface area contributed by atoms with E-state index >= 15 is 0 Å². The molecule has 0 unspecified atom stereocenters. The van der Waals surface area contributed by atoms with E-state index in [9.17, 15) is 0 Å². The van der Waals surface area contributed by atoms with Gasteiger partial charge in [0, 0.05) is 42.0 Å². The Bertz CT molecular complexity index is 946.